The van der Waals surface area contributed by atoms with Crippen LogP contribution in [0.1, 0.15) is 43.7 Å². The first-order chi connectivity index (χ1) is 25.0. The summed E-state index contributed by atoms with van der Waals surface area (Å²) in [6, 6.07) is 6.20. The van der Waals surface area contributed by atoms with Crippen LogP contribution in [0.25, 0.3) is 5.65 Å². The summed E-state index contributed by atoms with van der Waals surface area (Å²) in [5, 5.41) is 26.4. The van der Waals surface area contributed by atoms with Gasteiger partial charge in [-0.1, -0.05) is 19.1 Å². The summed E-state index contributed by atoms with van der Waals surface area (Å²) in [6.45, 7) is 9.25. The number of likely N-dealkylation sites (N-methyl/N-ethyl adjacent to an activating group) is 1. The summed E-state index contributed by atoms with van der Waals surface area (Å²) in [5.41, 5.74) is 2.96. The van der Waals surface area contributed by atoms with E-state index >= 15 is 0 Å². The summed E-state index contributed by atoms with van der Waals surface area (Å²) < 4.78 is 29.8. The molecular formula is C36H55N7O8. The average Bonchev–Trinajstić information content (AvgIpc) is 3.56. The van der Waals surface area contributed by atoms with Gasteiger partial charge in [0.15, 0.2) is 5.65 Å². The maximum atomic E-state index is 10.5. The summed E-state index contributed by atoms with van der Waals surface area (Å²) in [5.74, 6) is 1.38. The molecule has 0 bridgehead atoms. The number of fused-ring (bicyclic) bond motifs is 1. The van der Waals surface area contributed by atoms with Crippen LogP contribution in [0, 0.1) is 0 Å². The Labute approximate surface area is 300 Å². The van der Waals surface area contributed by atoms with Crippen LogP contribution in [-0.2, 0) is 36.7 Å². The number of aliphatic hydroxyl groups excluding tert-OH is 1. The zero-order valence-corrected chi connectivity index (χ0v) is 30.1. The van der Waals surface area contributed by atoms with Gasteiger partial charge < -0.3 is 49.0 Å². The number of carboxylic acids is 1. The third-order valence-corrected chi connectivity index (χ3v) is 8.46. The number of nitrogens with zero attached hydrogens (tertiary/aromatic N) is 6. The van der Waals surface area contributed by atoms with Crippen LogP contribution in [0.5, 0.6) is 5.88 Å². The molecule has 0 radical (unpaired) electrons. The van der Waals surface area contributed by atoms with Crippen LogP contribution in [-0.4, -0.2) is 139 Å². The molecule has 0 aromatic carbocycles. The number of aryl methyl sites for hydroxylation is 1. The molecule has 4 heterocycles. The third kappa shape index (κ3) is 14.0. The van der Waals surface area contributed by atoms with E-state index in [4.69, 9.17) is 33.8 Å². The third-order valence-electron chi connectivity index (χ3n) is 8.46. The lowest BCUT2D eigenvalue weighted by atomic mass is 9.99. The van der Waals surface area contributed by atoms with Gasteiger partial charge in [0.1, 0.15) is 18.2 Å². The Kier molecular flexibility index (Phi) is 17.9. The Balaban J connectivity index is 1.06. The molecule has 0 spiro atoms. The Hall–Kier alpha value is -3.86. The van der Waals surface area contributed by atoms with Crippen LogP contribution in [0.2, 0.25) is 0 Å². The number of pyridine rings is 1. The highest BCUT2D eigenvalue weighted by Gasteiger charge is 2.25. The van der Waals surface area contributed by atoms with Crippen molar-refractivity contribution in [3.8, 4) is 5.88 Å². The number of rotatable bonds is 26. The van der Waals surface area contributed by atoms with Crippen molar-refractivity contribution in [2.24, 2.45) is 0 Å². The number of hydrogen-bond acceptors (Lipinski definition) is 13. The number of piperidine rings is 1. The summed E-state index contributed by atoms with van der Waals surface area (Å²) in [7, 11) is 1.90. The van der Waals surface area contributed by atoms with Crippen molar-refractivity contribution in [1.82, 2.24) is 24.5 Å². The van der Waals surface area contributed by atoms with Crippen molar-refractivity contribution >= 4 is 23.3 Å². The molecule has 1 aliphatic rings. The van der Waals surface area contributed by atoms with Crippen molar-refractivity contribution in [3.63, 3.8) is 0 Å². The van der Waals surface area contributed by atoms with E-state index < -0.39 is 5.97 Å². The Morgan fingerprint density at radius 2 is 1.75 bits per heavy atom. The minimum atomic E-state index is -0.943. The van der Waals surface area contributed by atoms with E-state index in [1.807, 2.05) is 34.8 Å². The zero-order chi connectivity index (χ0) is 36.1. The number of nitrogens with one attached hydrogen (secondary N) is 1. The molecule has 3 aromatic heterocycles. The van der Waals surface area contributed by atoms with E-state index in [2.05, 4.69) is 33.3 Å². The predicted octanol–water partition coefficient (Wildman–Crippen LogP) is 3.06. The summed E-state index contributed by atoms with van der Waals surface area (Å²) in [4.78, 5) is 24.3. The monoisotopic (exact) mass is 713 g/mol. The molecule has 4 rings (SSSR count). The highest BCUT2D eigenvalue weighted by atomic mass is 16.6. The minimum Gasteiger partial charge on any atom is -0.478 e. The molecule has 51 heavy (non-hydrogen) atoms. The number of aliphatic carboxylic acids is 1. The molecule has 1 aliphatic heterocycles. The molecule has 282 valence electrons. The largest absolute Gasteiger partial charge is 0.478 e. The molecule has 1 fully saturated rings. The first-order valence-electron chi connectivity index (χ1n) is 17.9. The Morgan fingerprint density at radius 1 is 1.02 bits per heavy atom. The molecular weight excluding hydrogens is 658 g/mol. The zero-order valence-electron chi connectivity index (χ0n) is 30.1. The van der Waals surface area contributed by atoms with E-state index in [-0.39, 0.29) is 12.6 Å². The smallest absolute Gasteiger partial charge is 0.328 e. The van der Waals surface area contributed by atoms with E-state index in [0.717, 1.165) is 66.7 Å². The Bertz CT molecular complexity index is 1450. The molecule has 15 nitrogen and oxygen atoms in total. The van der Waals surface area contributed by atoms with E-state index in [9.17, 15) is 9.90 Å². The molecule has 0 saturated carbocycles. The molecule has 0 amide bonds. The van der Waals surface area contributed by atoms with Gasteiger partial charge >= 0.3 is 5.97 Å². The van der Waals surface area contributed by atoms with E-state index in [1.165, 1.54) is 6.42 Å². The van der Waals surface area contributed by atoms with Crippen molar-refractivity contribution < 1.29 is 38.7 Å². The first-order valence-corrected chi connectivity index (χ1v) is 17.9. The minimum absolute atomic E-state index is 0.173. The van der Waals surface area contributed by atoms with Gasteiger partial charge in [0.05, 0.1) is 59.1 Å². The van der Waals surface area contributed by atoms with Gasteiger partial charge in [-0.15, -0.1) is 0 Å². The van der Waals surface area contributed by atoms with Crippen LogP contribution >= 0.6 is 0 Å². The number of ether oxygens (including phenoxy) is 5. The van der Waals surface area contributed by atoms with Gasteiger partial charge in [-0.2, -0.15) is 9.61 Å². The Morgan fingerprint density at radius 3 is 2.41 bits per heavy atom. The second-order valence-electron chi connectivity index (χ2n) is 12.3. The molecule has 0 aliphatic carbocycles. The lowest BCUT2D eigenvalue weighted by Gasteiger charge is -2.36. The van der Waals surface area contributed by atoms with Crippen LogP contribution in [0.15, 0.2) is 42.7 Å². The quantitative estimate of drug-likeness (QED) is 0.0821. The predicted molar refractivity (Wildman–Crippen MR) is 194 cm³/mol. The van der Waals surface area contributed by atoms with Gasteiger partial charge in [-0.25, -0.2) is 14.8 Å². The fourth-order valence-corrected chi connectivity index (χ4v) is 5.67. The van der Waals surface area contributed by atoms with Crippen molar-refractivity contribution in [1.29, 1.82) is 0 Å². The number of aromatic nitrogens is 4. The van der Waals surface area contributed by atoms with Crippen molar-refractivity contribution in [3.05, 3.63) is 53.9 Å². The fraction of sp³-hybridized carbons (Fsp3) is 0.611. The van der Waals surface area contributed by atoms with Gasteiger partial charge in [0.2, 0.25) is 5.88 Å². The molecule has 3 N–H and O–H groups in total. The van der Waals surface area contributed by atoms with Crippen LogP contribution < -0.4 is 15.0 Å². The molecule has 3 aromatic rings. The number of anilines is 2. The van der Waals surface area contributed by atoms with Gasteiger partial charge in [-0.05, 0) is 44.7 Å². The second kappa shape index (κ2) is 22.9. The van der Waals surface area contributed by atoms with Crippen LogP contribution in [0.3, 0.4) is 0 Å². The van der Waals surface area contributed by atoms with Crippen molar-refractivity contribution in [2.75, 3.05) is 103 Å². The van der Waals surface area contributed by atoms with E-state index in [0.29, 0.717) is 85.0 Å². The highest BCUT2D eigenvalue weighted by molar-refractivity contribution is 5.79. The number of carbonyl (C=O) groups is 1. The maximum absolute atomic E-state index is 10.5. The van der Waals surface area contributed by atoms with Crippen molar-refractivity contribution in [2.45, 2.75) is 51.6 Å². The fourth-order valence-electron chi connectivity index (χ4n) is 5.67. The normalized spacial score (nSPS) is 15.0. The van der Waals surface area contributed by atoms with Gasteiger partial charge in [0.25, 0.3) is 0 Å². The maximum Gasteiger partial charge on any atom is 0.328 e. The highest BCUT2D eigenvalue weighted by Crippen LogP contribution is 2.29. The van der Waals surface area contributed by atoms with Gasteiger partial charge in [-0.3, -0.25) is 0 Å². The molecule has 1 unspecified atom stereocenters. The number of carboxylic acid groups (broad SMARTS) is 1. The number of hydrogen-bond donors (Lipinski definition) is 3. The lowest BCUT2D eigenvalue weighted by molar-refractivity contribution is -0.131. The molecule has 1 atom stereocenters. The molecule has 15 heteroatoms. The second-order valence-corrected chi connectivity index (χ2v) is 12.3. The number of aliphatic hydroxyl groups is 1. The lowest BCUT2D eigenvalue weighted by Crippen LogP contribution is -2.40. The van der Waals surface area contributed by atoms with Gasteiger partial charge in [0, 0.05) is 68.8 Å². The average molecular weight is 714 g/mol. The SMILES string of the molecule is CCc1cnn2c(NCc3ccc(OCCOCCOCCOCCOCCN(C)C/C=C/C(=O)O)nc3)cc(N3CCCCC3CCO)nc12. The summed E-state index contributed by atoms with van der Waals surface area (Å²) in [6.07, 6.45) is 11.4. The van der Waals surface area contributed by atoms with Crippen LogP contribution in [0.4, 0.5) is 11.6 Å². The molecule has 1 saturated heterocycles. The van der Waals surface area contributed by atoms with E-state index in [1.54, 1.807) is 12.3 Å². The standard InChI is InChI=1S/C36H55N7O8/c1-3-30-28-39-43-32(25-33(40-36(30)43)42-13-5-4-7-31(42)11-15-44)37-26-29-9-10-34(38-27-29)51-24-23-50-22-21-49-20-19-48-18-17-47-16-14-41(2)12-6-8-35(45)46/h6,8-10,25,27-28,31,37,44H,3-5,7,11-24,26H2,1-2H3,(H,45,46)/b8-6+. The summed E-state index contributed by atoms with van der Waals surface area (Å²) >= 11 is 0. The first kappa shape index (κ1) is 39.9. The topological polar surface area (TPSA) is 165 Å².